The fourth-order valence-electron chi connectivity index (χ4n) is 3.18. The van der Waals surface area contributed by atoms with Gasteiger partial charge in [0.2, 0.25) is 5.95 Å². The number of hydrogen-bond acceptors (Lipinski definition) is 6. The van der Waals surface area contributed by atoms with Crippen molar-refractivity contribution in [1.82, 2.24) is 19.9 Å². The molecule has 0 spiro atoms. The number of aliphatic hydroxyl groups excluding tert-OH is 1. The number of aromatic nitrogens is 3. The number of nitrogens with zero attached hydrogens (tertiary/aromatic N) is 4. The third kappa shape index (κ3) is 4.43. The molecule has 0 saturated carbocycles. The minimum atomic E-state index is -0.708. The van der Waals surface area contributed by atoms with Gasteiger partial charge in [0.1, 0.15) is 6.07 Å². The van der Waals surface area contributed by atoms with Crippen LogP contribution in [0.15, 0.2) is 66.9 Å². The molecule has 8 heteroatoms. The van der Waals surface area contributed by atoms with Crippen LogP contribution in [0.2, 0.25) is 0 Å². The number of fused-ring (bicyclic) bond motifs is 1. The number of anilines is 2. The van der Waals surface area contributed by atoms with E-state index in [0.717, 1.165) is 11.1 Å². The lowest BCUT2D eigenvalue weighted by Crippen LogP contribution is -2.46. The smallest absolute Gasteiger partial charge is 0.251 e. The molecule has 160 valence electrons. The van der Waals surface area contributed by atoms with Gasteiger partial charge in [-0.05, 0) is 55.8 Å². The van der Waals surface area contributed by atoms with Gasteiger partial charge in [-0.1, -0.05) is 24.3 Å². The average Bonchev–Trinajstić information content (AvgIpc) is 3.20. The number of nitriles is 1. The molecule has 2 aromatic carbocycles. The van der Waals surface area contributed by atoms with Gasteiger partial charge in [-0.15, -0.1) is 5.10 Å². The van der Waals surface area contributed by atoms with E-state index in [0.29, 0.717) is 28.4 Å². The number of aliphatic hydroxyl groups is 1. The van der Waals surface area contributed by atoms with Crippen LogP contribution in [0.1, 0.15) is 29.8 Å². The number of carbonyl (C=O) groups excluding carboxylic acids is 1. The van der Waals surface area contributed by atoms with Crippen molar-refractivity contribution in [3.8, 4) is 17.2 Å². The molecule has 4 rings (SSSR count). The summed E-state index contributed by atoms with van der Waals surface area (Å²) in [5.41, 5.74) is 3.29. The number of rotatable bonds is 6. The number of amides is 1. The van der Waals surface area contributed by atoms with Crippen molar-refractivity contribution in [3.63, 3.8) is 0 Å². The van der Waals surface area contributed by atoms with Crippen molar-refractivity contribution in [2.45, 2.75) is 19.4 Å². The molecule has 4 aromatic rings. The first-order chi connectivity index (χ1) is 15.4. The lowest BCUT2D eigenvalue weighted by Gasteiger charge is -2.23. The van der Waals surface area contributed by atoms with E-state index in [2.05, 4.69) is 26.8 Å². The molecule has 32 heavy (non-hydrogen) atoms. The molecule has 0 aliphatic rings. The fraction of sp³-hybridized carbons (Fsp3) is 0.167. The summed E-state index contributed by atoms with van der Waals surface area (Å²) in [6, 6.07) is 20.3. The Labute approximate surface area is 185 Å². The molecule has 0 aliphatic carbocycles. The van der Waals surface area contributed by atoms with E-state index in [1.165, 1.54) is 0 Å². The molecular formula is C24H22N6O2. The fourth-order valence-corrected chi connectivity index (χ4v) is 3.18. The van der Waals surface area contributed by atoms with E-state index in [4.69, 9.17) is 0 Å². The van der Waals surface area contributed by atoms with Gasteiger partial charge in [0.05, 0.1) is 23.4 Å². The summed E-state index contributed by atoms with van der Waals surface area (Å²) >= 11 is 0. The summed E-state index contributed by atoms with van der Waals surface area (Å²) in [6.07, 6.45) is 1.83. The minimum absolute atomic E-state index is 0.156. The van der Waals surface area contributed by atoms with Crippen LogP contribution >= 0.6 is 0 Å². The zero-order chi connectivity index (χ0) is 22.7. The van der Waals surface area contributed by atoms with E-state index in [1.807, 2.05) is 36.5 Å². The third-order valence-electron chi connectivity index (χ3n) is 4.93. The summed E-state index contributed by atoms with van der Waals surface area (Å²) in [5, 5.41) is 29.0. The quantitative estimate of drug-likeness (QED) is 0.435. The second-order valence-electron chi connectivity index (χ2n) is 8.02. The van der Waals surface area contributed by atoms with Crippen LogP contribution in [-0.4, -0.2) is 37.8 Å². The number of hydrogen-bond donors (Lipinski definition) is 3. The Morgan fingerprint density at radius 1 is 1.12 bits per heavy atom. The predicted octanol–water partition coefficient (Wildman–Crippen LogP) is 3.51. The topological polar surface area (TPSA) is 115 Å². The monoisotopic (exact) mass is 426 g/mol. The third-order valence-corrected chi connectivity index (χ3v) is 4.93. The van der Waals surface area contributed by atoms with Crippen molar-refractivity contribution >= 4 is 23.2 Å². The second kappa shape index (κ2) is 8.49. The normalized spacial score (nSPS) is 11.2. The molecular weight excluding hydrogens is 404 g/mol. The molecule has 1 amide bonds. The van der Waals surface area contributed by atoms with Crippen LogP contribution in [0.5, 0.6) is 0 Å². The van der Waals surface area contributed by atoms with Crippen LogP contribution in [0.25, 0.3) is 16.8 Å². The van der Waals surface area contributed by atoms with Crippen molar-refractivity contribution in [3.05, 3.63) is 78.0 Å². The Morgan fingerprint density at radius 3 is 2.72 bits per heavy atom. The van der Waals surface area contributed by atoms with Gasteiger partial charge < -0.3 is 15.7 Å². The first kappa shape index (κ1) is 21.0. The maximum Gasteiger partial charge on any atom is 0.251 e. The molecule has 0 radical (unpaired) electrons. The number of benzene rings is 2. The van der Waals surface area contributed by atoms with Crippen LogP contribution in [0, 0.1) is 11.3 Å². The molecule has 0 atom stereocenters. The van der Waals surface area contributed by atoms with Crippen LogP contribution in [-0.2, 0) is 0 Å². The van der Waals surface area contributed by atoms with Gasteiger partial charge in [-0.25, -0.2) is 4.52 Å². The summed E-state index contributed by atoms with van der Waals surface area (Å²) in [6.45, 7) is 3.36. The zero-order valence-electron chi connectivity index (χ0n) is 17.7. The molecule has 2 heterocycles. The second-order valence-corrected chi connectivity index (χ2v) is 8.02. The van der Waals surface area contributed by atoms with E-state index >= 15 is 0 Å². The number of carbonyl (C=O) groups is 1. The average molecular weight is 426 g/mol. The largest absolute Gasteiger partial charge is 0.394 e. The highest BCUT2D eigenvalue weighted by molar-refractivity contribution is 5.95. The first-order valence-corrected chi connectivity index (χ1v) is 10.0. The lowest BCUT2D eigenvalue weighted by atomic mass is 10.0. The Bertz CT molecular complexity index is 1340. The Balaban J connectivity index is 1.61. The standard InChI is InChI=1S/C24H22N6O2/c1-24(2,15-31)28-22(32)17-8-5-7-16(12-17)19-10-11-21-27-23(29-30(21)14-19)26-20-9-4-3-6-18(20)13-25/h3-12,14,31H,15H2,1-2H3,(H,26,29)(H,28,32). The van der Waals surface area contributed by atoms with Crippen molar-refractivity contribution in [2.75, 3.05) is 11.9 Å². The SMILES string of the molecule is CC(C)(CO)NC(=O)c1cccc(-c2ccc3nc(Nc4ccccc4C#N)nn3c2)c1. The molecule has 2 aromatic heterocycles. The Morgan fingerprint density at radius 2 is 1.94 bits per heavy atom. The van der Waals surface area contributed by atoms with Gasteiger partial charge in [0.15, 0.2) is 5.65 Å². The van der Waals surface area contributed by atoms with Crippen LogP contribution in [0.3, 0.4) is 0 Å². The zero-order valence-corrected chi connectivity index (χ0v) is 17.7. The number of pyridine rings is 1. The highest BCUT2D eigenvalue weighted by atomic mass is 16.3. The van der Waals surface area contributed by atoms with Gasteiger partial charge in [0.25, 0.3) is 5.91 Å². The minimum Gasteiger partial charge on any atom is -0.394 e. The molecule has 0 saturated heterocycles. The Kier molecular flexibility index (Phi) is 5.58. The molecule has 8 nitrogen and oxygen atoms in total. The predicted molar refractivity (Wildman–Crippen MR) is 121 cm³/mol. The summed E-state index contributed by atoms with van der Waals surface area (Å²) in [7, 11) is 0. The molecule has 0 fully saturated rings. The maximum absolute atomic E-state index is 12.6. The van der Waals surface area contributed by atoms with E-state index < -0.39 is 5.54 Å². The Hall–Kier alpha value is -4.22. The highest BCUT2D eigenvalue weighted by Crippen LogP contribution is 2.23. The number of nitrogens with one attached hydrogen (secondary N) is 2. The van der Waals surface area contributed by atoms with Crippen molar-refractivity contribution in [2.24, 2.45) is 0 Å². The van der Waals surface area contributed by atoms with Gasteiger partial charge in [0, 0.05) is 17.3 Å². The van der Waals surface area contributed by atoms with Crippen LogP contribution in [0.4, 0.5) is 11.6 Å². The summed E-state index contributed by atoms with van der Waals surface area (Å²) in [4.78, 5) is 17.0. The lowest BCUT2D eigenvalue weighted by molar-refractivity contribution is 0.0869. The van der Waals surface area contributed by atoms with Gasteiger partial charge in [-0.2, -0.15) is 10.2 Å². The van der Waals surface area contributed by atoms with E-state index in [9.17, 15) is 15.2 Å². The molecule has 0 bridgehead atoms. The van der Waals surface area contributed by atoms with Crippen molar-refractivity contribution < 1.29 is 9.90 Å². The highest BCUT2D eigenvalue weighted by Gasteiger charge is 2.20. The summed E-state index contributed by atoms with van der Waals surface area (Å²) < 4.78 is 1.65. The summed E-state index contributed by atoms with van der Waals surface area (Å²) in [5.74, 6) is 0.125. The number of para-hydroxylation sites is 1. The van der Waals surface area contributed by atoms with Gasteiger partial charge in [-0.3, -0.25) is 4.79 Å². The van der Waals surface area contributed by atoms with E-state index in [1.54, 1.807) is 48.7 Å². The van der Waals surface area contributed by atoms with E-state index in [-0.39, 0.29) is 12.5 Å². The van der Waals surface area contributed by atoms with Gasteiger partial charge >= 0.3 is 0 Å². The van der Waals surface area contributed by atoms with Crippen LogP contribution < -0.4 is 10.6 Å². The molecule has 0 unspecified atom stereocenters. The maximum atomic E-state index is 12.6. The molecule has 3 N–H and O–H groups in total. The molecule has 0 aliphatic heterocycles. The first-order valence-electron chi connectivity index (χ1n) is 10.0. The van der Waals surface area contributed by atoms with Crippen molar-refractivity contribution in [1.29, 1.82) is 5.26 Å².